The number of amides is 3. The Labute approximate surface area is 159 Å². The van der Waals surface area contributed by atoms with E-state index in [9.17, 15) is 14.4 Å². The molecule has 0 saturated heterocycles. The Bertz CT molecular complexity index is 812. The van der Waals surface area contributed by atoms with Gasteiger partial charge in [-0.3, -0.25) is 14.4 Å². The quantitative estimate of drug-likeness (QED) is 0.620. The molecule has 2 rings (SSSR count). The first kappa shape index (κ1) is 20.4. The second-order valence-electron chi connectivity index (χ2n) is 6.88. The Morgan fingerprint density at radius 1 is 0.926 bits per heavy atom. The van der Waals surface area contributed by atoms with Gasteiger partial charge in [0.05, 0.1) is 6.42 Å². The molecule has 0 fully saturated rings. The maximum atomic E-state index is 12.5. The van der Waals surface area contributed by atoms with Gasteiger partial charge in [0, 0.05) is 20.0 Å². The molecule has 2 aromatic rings. The van der Waals surface area contributed by atoms with Crippen LogP contribution in [0.1, 0.15) is 26.3 Å². The molecule has 0 saturated carbocycles. The van der Waals surface area contributed by atoms with Crippen LogP contribution in [-0.2, 0) is 20.8 Å². The number of hydrogen-bond acceptors (Lipinski definition) is 3. The van der Waals surface area contributed by atoms with Crippen LogP contribution >= 0.6 is 0 Å². The van der Waals surface area contributed by atoms with E-state index in [1.54, 1.807) is 0 Å². The van der Waals surface area contributed by atoms with Gasteiger partial charge in [-0.25, -0.2) is 0 Å². The Hall–Kier alpha value is -2.89. The van der Waals surface area contributed by atoms with E-state index in [4.69, 9.17) is 0 Å². The Kier molecular flexibility index (Phi) is 7.34. The van der Waals surface area contributed by atoms with Crippen molar-refractivity contribution < 1.29 is 14.4 Å². The molecule has 0 spiro atoms. The minimum atomic E-state index is -0.621. The molecule has 144 valence electrons. The van der Waals surface area contributed by atoms with Gasteiger partial charge in [-0.1, -0.05) is 56.3 Å². The van der Waals surface area contributed by atoms with Crippen LogP contribution in [0.15, 0.2) is 42.5 Å². The zero-order chi connectivity index (χ0) is 19.8. The molecule has 3 amide bonds. The van der Waals surface area contributed by atoms with Gasteiger partial charge in [-0.05, 0) is 22.3 Å². The Morgan fingerprint density at radius 3 is 2.30 bits per heavy atom. The first-order chi connectivity index (χ1) is 12.9. The van der Waals surface area contributed by atoms with Crippen molar-refractivity contribution in [1.82, 2.24) is 16.0 Å². The molecule has 27 heavy (non-hydrogen) atoms. The van der Waals surface area contributed by atoms with Crippen LogP contribution in [0.2, 0.25) is 0 Å². The highest BCUT2D eigenvalue weighted by Crippen LogP contribution is 2.19. The van der Waals surface area contributed by atoms with E-state index >= 15 is 0 Å². The van der Waals surface area contributed by atoms with Crippen molar-refractivity contribution in [2.45, 2.75) is 33.2 Å². The second kappa shape index (κ2) is 9.71. The summed E-state index contributed by atoms with van der Waals surface area (Å²) in [5, 5.41) is 10.3. The van der Waals surface area contributed by atoms with Gasteiger partial charge >= 0.3 is 0 Å². The number of rotatable bonds is 8. The minimum absolute atomic E-state index is 0.0535. The van der Waals surface area contributed by atoms with E-state index in [1.165, 1.54) is 6.92 Å². The summed E-state index contributed by atoms with van der Waals surface area (Å²) in [7, 11) is 0. The molecule has 0 aliphatic heterocycles. The van der Waals surface area contributed by atoms with Crippen LogP contribution in [0.4, 0.5) is 0 Å². The summed E-state index contributed by atoms with van der Waals surface area (Å²) < 4.78 is 0. The molecule has 0 aliphatic carbocycles. The summed E-state index contributed by atoms with van der Waals surface area (Å²) in [6.07, 6.45) is 0.212. The standard InChI is InChI=1S/C21H27N3O3/c1-14(2)20(21(27)23-12-11-22-15(3)25)24-19(26)13-17-9-6-8-16-7-4-5-10-18(16)17/h4-10,14,20H,11-13H2,1-3H3,(H,22,25)(H,23,27)(H,24,26)/t20-/m0/s1. The zero-order valence-electron chi connectivity index (χ0n) is 16.0. The molecule has 0 radical (unpaired) electrons. The summed E-state index contributed by atoms with van der Waals surface area (Å²) in [5.41, 5.74) is 0.930. The molecule has 0 bridgehead atoms. The minimum Gasteiger partial charge on any atom is -0.355 e. The predicted octanol–water partition coefficient (Wildman–Crippen LogP) is 1.78. The number of hydrogen-bond donors (Lipinski definition) is 3. The van der Waals surface area contributed by atoms with Gasteiger partial charge in [-0.15, -0.1) is 0 Å². The molecule has 0 heterocycles. The van der Waals surface area contributed by atoms with Gasteiger partial charge in [0.25, 0.3) is 0 Å². The molecule has 2 aromatic carbocycles. The zero-order valence-corrected chi connectivity index (χ0v) is 16.0. The van der Waals surface area contributed by atoms with E-state index in [1.807, 2.05) is 56.3 Å². The number of benzene rings is 2. The molecular weight excluding hydrogens is 342 g/mol. The largest absolute Gasteiger partial charge is 0.355 e. The van der Waals surface area contributed by atoms with E-state index in [0.717, 1.165) is 16.3 Å². The van der Waals surface area contributed by atoms with Crippen molar-refractivity contribution in [2.24, 2.45) is 5.92 Å². The van der Waals surface area contributed by atoms with E-state index in [2.05, 4.69) is 16.0 Å². The lowest BCUT2D eigenvalue weighted by molar-refractivity contribution is -0.129. The number of nitrogens with one attached hydrogen (secondary N) is 3. The van der Waals surface area contributed by atoms with Crippen molar-refractivity contribution >= 4 is 28.5 Å². The van der Waals surface area contributed by atoms with Gasteiger partial charge in [0.15, 0.2) is 0 Å². The lowest BCUT2D eigenvalue weighted by Gasteiger charge is -2.22. The molecular formula is C21H27N3O3. The monoisotopic (exact) mass is 369 g/mol. The summed E-state index contributed by atoms with van der Waals surface area (Å²) in [6, 6.07) is 13.2. The SMILES string of the molecule is CC(=O)NCCNC(=O)[C@@H](NC(=O)Cc1cccc2ccccc12)C(C)C. The average molecular weight is 369 g/mol. The van der Waals surface area contributed by atoms with Gasteiger partial charge in [-0.2, -0.15) is 0 Å². The van der Waals surface area contributed by atoms with Crippen LogP contribution < -0.4 is 16.0 Å². The molecule has 0 unspecified atom stereocenters. The van der Waals surface area contributed by atoms with Gasteiger partial charge in [0.1, 0.15) is 6.04 Å². The van der Waals surface area contributed by atoms with Crippen LogP contribution in [0.5, 0.6) is 0 Å². The smallest absolute Gasteiger partial charge is 0.242 e. The van der Waals surface area contributed by atoms with E-state index < -0.39 is 6.04 Å². The molecule has 0 aromatic heterocycles. The van der Waals surface area contributed by atoms with Crippen molar-refractivity contribution in [3.8, 4) is 0 Å². The van der Waals surface area contributed by atoms with Crippen molar-refractivity contribution in [1.29, 1.82) is 0 Å². The predicted molar refractivity (Wildman–Crippen MR) is 106 cm³/mol. The normalized spacial score (nSPS) is 11.9. The van der Waals surface area contributed by atoms with E-state index in [0.29, 0.717) is 13.1 Å². The number of carbonyl (C=O) groups excluding carboxylic acids is 3. The maximum Gasteiger partial charge on any atom is 0.242 e. The van der Waals surface area contributed by atoms with Crippen LogP contribution in [-0.4, -0.2) is 36.9 Å². The van der Waals surface area contributed by atoms with Crippen LogP contribution in [0.3, 0.4) is 0 Å². The second-order valence-corrected chi connectivity index (χ2v) is 6.88. The lowest BCUT2D eigenvalue weighted by Crippen LogP contribution is -2.51. The number of carbonyl (C=O) groups is 3. The lowest BCUT2D eigenvalue weighted by atomic mass is 10.0. The first-order valence-electron chi connectivity index (χ1n) is 9.16. The summed E-state index contributed by atoms with van der Waals surface area (Å²) in [5.74, 6) is -0.640. The highest BCUT2D eigenvalue weighted by molar-refractivity contribution is 5.92. The topological polar surface area (TPSA) is 87.3 Å². The first-order valence-corrected chi connectivity index (χ1v) is 9.16. The van der Waals surface area contributed by atoms with Crippen molar-refractivity contribution in [2.75, 3.05) is 13.1 Å². The summed E-state index contributed by atoms with van der Waals surface area (Å²) in [4.78, 5) is 35.8. The highest BCUT2D eigenvalue weighted by Gasteiger charge is 2.24. The molecule has 6 heteroatoms. The highest BCUT2D eigenvalue weighted by atomic mass is 16.2. The van der Waals surface area contributed by atoms with Gasteiger partial charge < -0.3 is 16.0 Å². The fourth-order valence-corrected chi connectivity index (χ4v) is 2.91. The Balaban J connectivity index is 1.98. The van der Waals surface area contributed by atoms with E-state index in [-0.39, 0.29) is 30.1 Å². The third-order valence-corrected chi connectivity index (χ3v) is 4.29. The van der Waals surface area contributed by atoms with Crippen molar-refractivity contribution in [3.63, 3.8) is 0 Å². The maximum absolute atomic E-state index is 12.5. The Morgan fingerprint density at radius 2 is 1.59 bits per heavy atom. The average Bonchev–Trinajstić information content (AvgIpc) is 2.63. The van der Waals surface area contributed by atoms with Gasteiger partial charge in [0.2, 0.25) is 17.7 Å². The fraction of sp³-hybridized carbons (Fsp3) is 0.381. The van der Waals surface area contributed by atoms with Crippen LogP contribution in [0.25, 0.3) is 10.8 Å². The summed E-state index contributed by atoms with van der Waals surface area (Å²) >= 11 is 0. The molecule has 0 aliphatic rings. The third-order valence-electron chi connectivity index (χ3n) is 4.29. The number of fused-ring (bicyclic) bond motifs is 1. The molecule has 1 atom stereocenters. The third kappa shape index (κ3) is 6.09. The van der Waals surface area contributed by atoms with Crippen LogP contribution in [0, 0.1) is 5.92 Å². The molecule has 3 N–H and O–H groups in total. The molecule has 6 nitrogen and oxygen atoms in total. The van der Waals surface area contributed by atoms with Crippen molar-refractivity contribution in [3.05, 3.63) is 48.0 Å². The summed E-state index contributed by atoms with van der Waals surface area (Å²) in [6.45, 7) is 5.87. The fourth-order valence-electron chi connectivity index (χ4n) is 2.91.